The summed E-state index contributed by atoms with van der Waals surface area (Å²) in [5.74, 6) is 2.35. The van der Waals surface area contributed by atoms with Crippen LogP contribution in [-0.4, -0.2) is 57.2 Å². The molecule has 2 N–H and O–H groups in total. The number of guanidine groups is 1. The zero-order valence-corrected chi connectivity index (χ0v) is 21.0. The Morgan fingerprint density at radius 2 is 1.58 bits per heavy atom. The van der Waals surface area contributed by atoms with Gasteiger partial charge < -0.3 is 25.0 Å². The van der Waals surface area contributed by atoms with Crippen LogP contribution < -0.4 is 20.1 Å². The Hall–Kier alpha value is -2.49. The summed E-state index contributed by atoms with van der Waals surface area (Å²) in [6, 6.07) is 15.1. The lowest BCUT2D eigenvalue weighted by Crippen LogP contribution is -2.38. The fraction of sp³-hybridized carbons (Fsp3) is 0.391. The minimum atomic E-state index is 0. The van der Waals surface area contributed by atoms with Gasteiger partial charge in [-0.1, -0.05) is 12.1 Å². The van der Waals surface area contributed by atoms with E-state index in [-0.39, 0.29) is 29.9 Å². The van der Waals surface area contributed by atoms with Crippen LogP contribution >= 0.6 is 24.0 Å². The van der Waals surface area contributed by atoms with Crippen molar-refractivity contribution in [2.75, 3.05) is 40.4 Å². The largest absolute Gasteiger partial charge is 0.497 e. The zero-order chi connectivity index (χ0) is 21.8. The summed E-state index contributed by atoms with van der Waals surface area (Å²) >= 11 is 0. The molecule has 0 bridgehead atoms. The highest BCUT2D eigenvalue weighted by atomic mass is 127. The number of carbonyl (C=O) groups excluding carboxylic acids is 1. The van der Waals surface area contributed by atoms with Crippen molar-refractivity contribution in [1.29, 1.82) is 0 Å². The van der Waals surface area contributed by atoms with Crippen molar-refractivity contribution in [3.05, 3.63) is 59.7 Å². The molecule has 0 unspecified atom stereocenters. The second-order valence-corrected chi connectivity index (χ2v) is 6.55. The standard InChI is InChI=1S/C23H32N4O3.HI/c1-5-27(6-2)22(28)19-9-7-18(8-10-19)17-26-23(24-3)25-15-16-30-21-13-11-20(29-4)12-14-21;/h7-14H,5-6,15-17H2,1-4H3,(H2,24,25,26);1H. The molecule has 0 heterocycles. The second-order valence-electron chi connectivity index (χ2n) is 6.55. The topological polar surface area (TPSA) is 75.2 Å². The number of benzene rings is 2. The predicted molar refractivity (Wildman–Crippen MR) is 136 cm³/mol. The maximum absolute atomic E-state index is 12.4. The Morgan fingerprint density at radius 1 is 0.968 bits per heavy atom. The summed E-state index contributed by atoms with van der Waals surface area (Å²) < 4.78 is 10.8. The number of hydrogen-bond acceptors (Lipinski definition) is 4. The van der Waals surface area contributed by atoms with Crippen molar-refractivity contribution in [2.24, 2.45) is 4.99 Å². The molecular weight excluding hydrogens is 507 g/mol. The number of hydrogen-bond donors (Lipinski definition) is 2. The van der Waals surface area contributed by atoms with E-state index in [1.165, 1.54) is 0 Å². The maximum Gasteiger partial charge on any atom is 0.253 e. The van der Waals surface area contributed by atoms with E-state index in [0.29, 0.717) is 44.3 Å². The number of methoxy groups -OCH3 is 1. The van der Waals surface area contributed by atoms with Crippen LogP contribution in [0.2, 0.25) is 0 Å². The van der Waals surface area contributed by atoms with Crippen molar-refractivity contribution < 1.29 is 14.3 Å². The van der Waals surface area contributed by atoms with Crippen LogP contribution in [0.25, 0.3) is 0 Å². The van der Waals surface area contributed by atoms with Crippen LogP contribution in [0.15, 0.2) is 53.5 Å². The summed E-state index contributed by atoms with van der Waals surface area (Å²) in [4.78, 5) is 18.4. The highest BCUT2D eigenvalue weighted by Gasteiger charge is 2.11. The molecular formula is C23H33IN4O3. The quantitative estimate of drug-likeness (QED) is 0.209. The average molecular weight is 540 g/mol. The van der Waals surface area contributed by atoms with Gasteiger partial charge in [0.25, 0.3) is 5.91 Å². The SMILES string of the molecule is CCN(CC)C(=O)c1ccc(CNC(=NC)NCCOc2ccc(OC)cc2)cc1.I. The molecule has 0 saturated carbocycles. The molecule has 0 aliphatic rings. The highest BCUT2D eigenvalue weighted by molar-refractivity contribution is 14.0. The molecule has 7 nitrogen and oxygen atoms in total. The van der Waals surface area contributed by atoms with E-state index in [0.717, 1.165) is 17.1 Å². The lowest BCUT2D eigenvalue weighted by molar-refractivity contribution is 0.0773. The van der Waals surface area contributed by atoms with Crippen LogP contribution in [0.5, 0.6) is 11.5 Å². The zero-order valence-electron chi connectivity index (χ0n) is 18.7. The molecule has 0 fully saturated rings. The molecule has 0 aliphatic carbocycles. The van der Waals surface area contributed by atoms with Gasteiger partial charge in [-0.15, -0.1) is 24.0 Å². The van der Waals surface area contributed by atoms with Crippen LogP contribution in [0.3, 0.4) is 0 Å². The Bertz CT molecular complexity index is 807. The Labute approximate surface area is 202 Å². The number of nitrogens with one attached hydrogen (secondary N) is 2. The maximum atomic E-state index is 12.4. The number of nitrogens with zero attached hydrogens (tertiary/aromatic N) is 2. The molecule has 0 aromatic heterocycles. The summed E-state index contributed by atoms with van der Waals surface area (Å²) in [7, 11) is 3.37. The van der Waals surface area contributed by atoms with Crippen molar-refractivity contribution in [3.8, 4) is 11.5 Å². The third-order valence-electron chi connectivity index (χ3n) is 4.66. The minimum Gasteiger partial charge on any atom is -0.497 e. The molecule has 0 saturated heterocycles. The first-order chi connectivity index (χ1) is 14.6. The van der Waals surface area contributed by atoms with Crippen LogP contribution in [0.1, 0.15) is 29.8 Å². The first kappa shape index (κ1) is 26.5. The number of amides is 1. The van der Waals surface area contributed by atoms with Gasteiger partial charge in [0.05, 0.1) is 13.7 Å². The van der Waals surface area contributed by atoms with Crippen molar-refractivity contribution in [1.82, 2.24) is 15.5 Å². The first-order valence-electron chi connectivity index (χ1n) is 10.2. The van der Waals surface area contributed by atoms with Crippen LogP contribution in [0.4, 0.5) is 0 Å². The molecule has 2 rings (SSSR count). The lowest BCUT2D eigenvalue weighted by atomic mass is 10.1. The second kappa shape index (κ2) is 14.5. The average Bonchev–Trinajstić information content (AvgIpc) is 2.80. The molecule has 0 aliphatic heterocycles. The van der Waals surface area contributed by atoms with E-state index in [1.807, 2.05) is 67.3 Å². The third-order valence-corrected chi connectivity index (χ3v) is 4.66. The molecule has 1 amide bonds. The van der Waals surface area contributed by atoms with Gasteiger partial charge in [-0.3, -0.25) is 9.79 Å². The minimum absolute atomic E-state index is 0. The van der Waals surface area contributed by atoms with Gasteiger partial charge in [-0.05, 0) is 55.8 Å². The van der Waals surface area contributed by atoms with Crippen molar-refractivity contribution in [3.63, 3.8) is 0 Å². The summed E-state index contributed by atoms with van der Waals surface area (Å²) in [5.41, 5.74) is 1.78. The van der Waals surface area contributed by atoms with Gasteiger partial charge in [0.2, 0.25) is 0 Å². The van der Waals surface area contributed by atoms with E-state index in [4.69, 9.17) is 9.47 Å². The van der Waals surface area contributed by atoms with E-state index in [9.17, 15) is 4.79 Å². The van der Waals surface area contributed by atoms with E-state index in [1.54, 1.807) is 14.2 Å². The van der Waals surface area contributed by atoms with Crippen LogP contribution in [0, 0.1) is 0 Å². The lowest BCUT2D eigenvalue weighted by Gasteiger charge is -2.18. The Kier molecular flexibility index (Phi) is 12.4. The normalized spacial score (nSPS) is 10.6. The molecule has 0 radical (unpaired) electrons. The smallest absolute Gasteiger partial charge is 0.253 e. The van der Waals surface area contributed by atoms with E-state index < -0.39 is 0 Å². The van der Waals surface area contributed by atoms with Gasteiger partial charge in [-0.2, -0.15) is 0 Å². The molecule has 31 heavy (non-hydrogen) atoms. The van der Waals surface area contributed by atoms with Gasteiger partial charge in [-0.25, -0.2) is 0 Å². The summed E-state index contributed by atoms with van der Waals surface area (Å²) in [6.45, 7) is 7.13. The molecule has 0 atom stereocenters. The number of aliphatic imine (C=N–C) groups is 1. The van der Waals surface area contributed by atoms with Gasteiger partial charge >= 0.3 is 0 Å². The first-order valence-corrected chi connectivity index (χ1v) is 10.2. The molecule has 170 valence electrons. The number of rotatable bonds is 10. The van der Waals surface area contributed by atoms with Gasteiger partial charge in [0.15, 0.2) is 5.96 Å². The van der Waals surface area contributed by atoms with E-state index in [2.05, 4.69) is 15.6 Å². The molecule has 2 aromatic rings. The summed E-state index contributed by atoms with van der Waals surface area (Å²) in [5, 5.41) is 6.49. The summed E-state index contributed by atoms with van der Waals surface area (Å²) in [6.07, 6.45) is 0. The van der Waals surface area contributed by atoms with Crippen molar-refractivity contribution >= 4 is 35.8 Å². The number of halogens is 1. The monoisotopic (exact) mass is 540 g/mol. The molecule has 8 heteroatoms. The van der Waals surface area contributed by atoms with Gasteiger partial charge in [0, 0.05) is 32.2 Å². The number of ether oxygens (including phenoxy) is 2. The van der Waals surface area contributed by atoms with Crippen LogP contribution in [-0.2, 0) is 6.54 Å². The third kappa shape index (κ3) is 8.64. The Balaban J connectivity index is 0.00000480. The highest BCUT2D eigenvalue weighted by Crippen LogP contribution is 2.16. The fourth-order valence-electron chi connectivity index (χ4n) is 2.88. The Morgan fingerprint density at radius 3 is 2.13 bits per heavy atom. The predicted octanol–water partition coefficient (Wildman–Crippen LogP) is 3.54. The van der Waals surface area contributed by atoms with E-state index >= 15 is 0 Å². The molecule has 2 aromatic carbocycles. The number of carbonyl (C=O) groups is 1. The van der Waals surface area contributed by atoms with Crippen molar-refractivity contribution in [2.45, 2.75) is 20.4 Å². The van der Waals surface area contributed by atoms with Gasteiger partial charge in [0.1, 0.15) is 18.1 Å². The fourth-order valence-corrected chi connectivity index (χ4v) is 2.88. The molecule has 0 spiro atoms.